The predicted octanol–water partition coefficient (Wildman–Crippen LogP) is 0.897. The van der Waals surface area contributed by atoms with Gasteiger partial charge in [0, 0.05) is 10.9 Å². The molecule has 0 saturated carbocycles. The summed E-state index contributed by atoms with van der Waals surface area (Å²) in [5, 5.41) is 20.5. The summed E-state index contributed by atoms with van der Waals surface area (Å²) in [7, 11) is 0. The van der Waals surface area contributed by atoms with Crippen LogP contribution in [0.3, 0.4) is 0 Å². The summed E-state index contributed by atoms with van der Waals surface area (Å²) in [6.07, 6.45) is 0. The van der Waals surface area contributed by atoms with Crippen molar-refractivity contribution < 1.29 is 9.90 Å². The Hall–Kier alpha value is -1.54. The second kappa shape index (κ2) is 4.54. The van der Waals surface area contributed by atoms with Crippen molar-refractivity contribution in [3.8, 4) is 11.4 Å². The third kappa shape index (κ3) is 2.17. The van der Waals surface area contributed by atoms with Crippen molar-refractivity contribution in [2.75, 3.05) is 11.6 Å². The van der Waals surface area contributed by atoms with Gasteiger partial charge < -0.3 is 10.9 Å². The van der Waals surface area contributed by atoms with Gasteiger partial charge in [0.05, 0.1) is 5.75 Å². The van der Waals surface area contributed by atoms with Crippen LogP contribution in [0.1, 0.15) is 0 Å². The molecule has 0 aliphatic carbocycles. The maximum absolute atomic E-state index is 10.4. The molecule has 2 aromatic heterocycles. The fourth-order valence-electron chi connectivity index (χ4n) is 1.09. The van der Waals surface area contributed by atoms with Crippen LogP contribution in [0.2, 0.25) is 0 Å². The molecule has 0 fully saturated rings. The minimum absolute atomic E-state index is 0.0844. The van der Waals surface area contributed by atoms with Crippen molar-refractivity contribution in [1.82, 2.24) is 14.9 Å². The molecule has 2 aromatic rings. The van der Waals surface area contributed by atoms with Gasteiger partial charge in [-0.25, -0.2) is 4.68 Å². The molecule has 0 unspecified atom stereocenters. The zero-order valence-electron chi connectivity index (χ0n) is 8.03. The summed E-state index contributed by atoms with van der Waals surface area (Å²) in [6, 6.07) is 1.88. The number of thioether (sulfide) groups is 1. The molecule has 84 valence electrons. The van der Waals surface area contributed by atoms with E-state index in [2.05, 4.69) is 10.2 Å². The number of aliphatic carboxylic acids is 1. The largest absolute Gasteiger partial charge is 0.481 e. The summed E-state index contributed by atoms with van der Waals surface area (Å²) >= 11 is 2.57. The van der Waals surface area contributed by atoms with E-state index in [1.807, 2.05) is 16.8 Å². The van der Waals surface area contributed by atoms with E-state index >= 15 is 0 Å². The quantitative estimate of drug-likeness (QED) is 0.623. The molecule has 2 rings (SSSR count). The molecule has 0 amide bonds. The zero-order valence-corrected chi connectivity index (χ0v) is 9.66. The molecule has 0 radical (unpaired) electrons. The normalized spacial score (nSPS) is 10.5. The molecule has 0 aliphatic rings. The number of hydrogen-bond acceptors (Lipinski definition) is 6. The summed E-state index contributed by atoms with van der Waals surface area (Å²) in [6.45, 7) is 0. The Labute approximate surface area is 99.1 Å². The minimum Gasteiger partial charge on any atom is -0.481 e. The molecular weight excluding hydrogens is 248 g/mol. The van der Waals surface area contributed by atoms with Gasteiger partial charge in [-0.05, 0) is 11.4 Å². The maximum Gasteiger partial charge on any atom is 0.313 e. The zero-order chi connectivity index (χ0) is 11.5. The Kier molecular flexibility index (Phi) is 3.11. The Morgan fingerprint density at radius 1 is 1.62 bits per heavy atom. The number of rotatable bonds is 4. The van der Waals surface area contributed by atoms with E-state index in [9.17, 15) is 4.79 Å². The van der Waals surface area contributed by atoms with E-state index in [0.29, 0.717) is 11.0 Å². The van der Waals surface area contributed by atoms with E-state index in [-0.39, 0.29) is 5.75 Å². The van der Waals surface area contributed by atoms with Gasteiger partial charge in [-0.1, -0.05) is 11.8 Å². The first kappa shape index (κ1) is 11.0. The second-order valence-electron chi connectivity index (χ2n) is 2.87. The lowest BCUT2D eigenvalue weighted by Gasteiger charge is -2.00. The van der Waals surface area contributed by atoms with Gasteiger partial charge >= 0.3 is 5.97 Å². The highest BCUT2D eigenvalue weighted by Crippen LogP contribution is 2.22. The van der Waals surface area contributed by atoms with Gasteiger partial charge in [0.1, 0.15) is 0 Å². The van der Waals surface area contributed by atoms with Gasteiger partial charge in [0.25, 0.3) is 0 Å². The van der Waals surface area contributed by atoms with E-state index in [0.717, 1.165) is 17.3 Å². The molecular formula is C8H8N4O2S2. The number of hydrogen-bond donors (Lipinski definition) is 2. The molecule has 0 spiro atoms. The summed E-state index contributed by atoms with van der Waals surface area (Å²) in [5.74, 6) is 5.30. The van der Waals surface area contributed by atoms with Gasteiger partial charge in [0.15, 0.2) is 5.82 Å². The molecule has 3 N–H and O–H groups in total. The molecule has 0 aliphatic heterocycles. The second-order valence-corrected chi connectivity index (χ2v) is 4.59. The van der Waals surface area contributed by atoms with Crippen molar-refractivity contribution in [2.24, 2.45) is 0 Å². The molecule has 16 heavy (non-hydrogen) atoms. The van der Waals surface area contributed by atoms with Crippen LogP contribution in [0.5, 0.6) is 0 Å². The molecule has 0 aromatic carbocycles. The van der Waals surface area contributed by atoms with E-state index in [1.165, 1.54) is 16.0 Å². The van der Waals surface area contributed by atoms with Crippen LogP contribution in [0.4, 0.5) is 0 Å². The molecule has 0 atom stereocenters. The average Bonchev–Trinajstić information content (AvgIpc) is 2.84. The fraction of sp³-hybridized carbons (Fsp3) is 0.125. The van der Waals surface area contributed by atoms with Crippen LogP contribution in [0.15, 0.2) is 22.0 Å². The minimum atomic E-state index is -0.912. The first-order valence-corrected chi connectivity index (χ1v) is 6.19. The standard InChI is InChI=1S/C8H8N4O2S2/c9-12-7(5-1-2-15-3-5)10-11-8(12)16-4-6(13)14/h1-3H,4,9H2,(H,13,14). The van der Waals surface area contributed by atoms with Crippen LogP contribution in [0, 0.1) is 0 Å². The number of nitrogens with two attached hydrogens (primary N) is 1. The van der Waals surface area contributed by atoms with Crippen LogP contribution in [0.25, 0.3) is 11.4 Å². The monoisotopic (exact) mass is 256 g/mol. The Morgan fingerprint density at radius 3 is 3.06 bits per heavy atom. The van der Waals surface area contributed by atoms with Crippen LogP contribution < -0.4 is 5.84 Å². The molecule has 0 bridgehead atoms. The molecule has 0 saturated heterocycles. The van der Waals surface area contributed by atoms with Gasteiger partial charge in [0.2, 0.25) is 5.16 Å². The van der Waals surface area contributed by atoms with E-state index in [1.54, 1.807) is 0 Å². The average molecular weight is 256 g/mol. The number of nitrogens with zero attached hydrogens (tertiary/aromatic N) is 3. The number of carboxylic acid groups (broad SMARTS) is 1. The lowest BCUT2D eigenvalue weighted by atomic mass is 10.3. The maximum atomic E-state index is 10.4. The summed E-state index contributed by atoms with van der Waals surface area (Å²) < 4.78 is 1.30. The highest BCUT2D eigenvalue weighted by molar-refractivity contribution is 7.99. The number of carbonyl (C=O) groups is 1. The van der Waals surface area contributed by atoms with Crippen LogP contribution in [-0.2, 0) is 4.79 Å². The van der Waals surface area contributed by atoms with Crippen molar-refractivity contribution in [1.29, 1.82) is 0 Å². The van der Waals surface area contributed by atoms with Gasteiger partial charge in [-0.2, -0.15) is 11.3 Å². The predicted molar refractivity (Wildman–Crippen MR) is 61.8 cm³/mol. The molecule has 6 nitrogen and oxygen atoms in total. The van der Waals surface area contributed by atoms with Crippen molar-refractivity contribution >= 4 is 29.1 Å². The highest BCUT2D eigenvalue weighted by atomic mass is 32.2. The third-order valence-electron chi connectivity index (χ3n) is 1.77. The smallest absolute Gasteiger partial charge is 0.313 e. The van der Waals surface area contributed by atoms with Crippen molar-refractivity contribution in [2.45, 2.75) is 5.16 Å². The van der Waals surface area contributed by atoms with Crippen molar-refractivity contribution in [3.05, 3.63) is 16.8 Å². The van der Waals surface area contributed by atoms with Crippen LogP contribution in [-0.4, -0.2) is 31.7 Å². The first-order chi connectivity index (χ1) is 7.68. The van der Waals surface area contributed by atoms with Gasteiger partial charge in [-0.15, -0.1) is 10.2 Å². The summed E-state index contributed by atoms with van der Waals surface area (Å²) in [4.78, 5) is 10.4. The van der Waals surface area contributed by atoms with Crippen molar-refractivity contribution in [3.63, 3.8) is 0 Å². The third-order valence-corrected chi connectivity index (χ3v) is 3.38. The first-order valence-electron chi connectivity index (χ1n) is 4.26. The van der Waals surface area contributed by atoms with Crippen LogP contribution >= 0.6 is 23.1 Å². The summed E-state index contributed by atoms with van der Waals surface area (Å²) in [5.41, 5.74) is 0.877. The van der Waals surface area contributed by atoms with E-state index in [4.69, 9.17) is 10.9 Å². The number of nitrogen functional groups attached to an aromatic ring is 1. The fourth-order valence-corrected chi connectivity index (χ4v) is 2.30. The Bertz CT molecular complexity index is 494. The molecule has 2 heterocycles. The number of carboxylic acids is 1. The molecule has 8 heteroatoms. The number of aromatic nitrogens is 3. The Morgan fingerprint density at radius 2 is 2.44 bits per heavy atom. The van der Waals surface area contributed by atoms with Gasteiger partial charge in [-0.3, -0.25) is 4.79 Å². The number of thiophene rings is 1. The highest BCUT2D eigenvalue weighted by Gasteiger charge is 2.13. The SMILES string of the molecule is Nn1c(SCC(=O)O)nnc1-c1ccsc1. The topological polar surface area (TPSA) is 94.0 Å². The van der Waals surface area contributed by atoms with E-state index < -0.39 is 5.97 Å². The lowest BCUT2D eigenvalue weighted by Crippen LogP contribution is -2.12. The Balaban J connectivity index is 2.21. The lowest BCUT2D eigenvalue weighted by molar-refractivity contribution is -0.133.